The van der Waals surface area contributed by atoms with Crippen molar-refractivity contribution in [2.45, 2.75) is 19.1 Å². The molecule has 0 amide bonds. The summed E-state index contributed by atoms with van der Waals surface area (Å²) in [4.78, 5) is 0. The van der Waals surface area contributed by atoms with E-state index in [1.165, 1.54) is 0 Å². The van der Waals surface area contributed by atoms with Gasteiger partial charge in [-0.15, -0.1) is 0 Å². The van der Waals surface area contributed by atoms with E-state index in [-0.39, 0.29) is 30.8 Å². The van der Waals surface area contributed by atoms with Crippen molar-refractivity contribution >= 4 is 0 Å². The van der Waals surface area contributed by atoms with Crippen LogP contribution in [0.15, 0.2) is 24.3 Å². The topological polar surface area (TPSA) is 77.3 Å². The number of hydrogen-bond donors (Lipinski definition) is 4. The number of phenols is 1. The molecule has 0 spiro atoms. The molecule has 0 saturated heterocycles. The van der Waals surface area contributed by atoms with Gasteiger partial charge in [0.2, 0.25) is 0 Å². The zero-order valence-electron chi connectivity index (χ0n) is 9.18. The largest absolute Gasteiger partial charge is 1.00 e. The number of halogens is 1. The minimum Gasteiger partial charge on any atom is -1.00 e. The first-order valence-corrected chi connectivity index (χ1v) is 5.06. The zero-order chi connectivity index (χ0) is 11.3. The molecule has 1 rings (SSSR count). The molecule has 2 atom stereocenters. The van der Waals surface area contributed by atoms with Crippen molar-refractivity contribution in [3.63, 3.8) is 0 Å². The molecule has 0 aliphatic rings. The lowest BCUT2D eigenvalue weighted by Gasteiger charge is -2.17. The Labute approximate surface area is 101 Å². The highest BCUT2D eigenvalue weighted by atomic mass is 35.5. The summed E-state index contributed by atoms with van der Waals surface area (Å²) in [5.41, 5.74) is 0.773. The number of hydrogen-bond acceptors (Lipinski definition) is 3. The van der Waals surface area contributed by atoms with Crippen molar-refractivity contribution in [2.75, 3.05) is 13.2 Å². The maximum Gasteiger partial charge on any atom is 0.130 e. The molecule has 92 valence electrons. The highest BCUT2D eigenvalue weighted by Gasteiger charge is 2.18. The molecule has 1 aromatic rings. The highest BCUT2D eigenvalue weighted by molar-refractivity contribution is 5.27. The smallest absolute Gasteiger partial charge is 0.130 e. The first kappa shape index (κ1) is 15.2. The number of rotatable bonds is 5. The van der Waals surface area contributed by atoms with Crippen molar-refractivity contribution in [2.24, 2.45) is 0 Å². The molecule has 4 nitrogen and oxygen atoms in total. The Hall–Kier alpha value is -0.810. The van der Waals surface area contributed by atoms with Crippen LogP contribution in [0, 0.1) is 0 Å². The second-order valence-electron chi connectivity index (χ2n) is 3.64. The predicted molar refractivity (Wildman–Crippen MR) is 56.4 cm³/mol. The fourth-order valence-corrected chi connectivity index (χ4v) is 1.44. The molecule has 0 radical (unpaired) electrons. The van der Waals surface area contributed by atoms with Crippen molar-refractivity contribution in [1.29, 1.82) is 0 Å². The van der Waals surface area contributed by atoms with Crippen LogP contribution < -0.4 is 17.7 Å². The van der Waals surface area contributed by atoms with Crippen LogP contribution in [0.1, 0.15) is 18.6 Å². The van der Waals surface area contributed by atoms with Crippen LogP contribution in [0.3, 0.4) is 0 Å². The first-order valence-electron chi connectivity index (χ1n) is 5.06. The Morgan fingerprint density at radius 3 is 2.31 bits per heavy atom. The number of quaternary nitrogens is 1. The molecule has 5 heteroatoms. The summed E-state index contributed by atoms with van der Waals surface area (Å²) >= 11 is 0. The standard InChI is InChI=1S/C11H17NO3.ClH/c1-8(12-6-7-13)11(15)9-2-4-10(14)5-3-9;/h2-5,8,11-15H,6-7H2,1H3;1H. The number of nitrogens with two attached hydrogens (primary N) is 1. The molecule has 0 aliphatic carbocycles. The molecule has 0 aliphatic heterocycles. The van der Waals surface area contributed by atoms with Gasteiger partial charge in [0.1, 0.15) is 17.9 Å². The van der Waals surface area contributed by atoms with E-state index in [0.717, 1.165) is 5.56 Å². The van der Waals surface area contributed by atoms with Crippen LogP contribution in [0.4, 0.5) is 0 Å². The van der Waals surface area contributed by atoms with E-state index in [9.17, 15) is 5.11 Å². The van der Waals surface area contributed by atoms with Crippen LogP contribution >= 0.6 is 0 Å². The van der Waals surface area contributed by atoms with Gasteiger partial charge in [0.25, 0.3) is 0 Å². The summed E-state index contributed by atoms with van der Waals surface area (Å²) in [5.74, 6) is 0.193. The zero-order valence-corrected chi connectivity index (χ0v) is 9.93. The Bertz CT molecular complexity index is 292. The number of aliphatic hydroxyl groups excluding tert-OH is 2. The lowest BCUT2D eigenvalue weighted by atomic mass is 10.0. The summed E-state index contributed by atoms with van der Waals surface area (Å²) in [5, 5.41) is 29.6. The Morgan fingerprint density at radius 2 is 1.81 bits per heavy atom. The van der Waals surface area contributed by atoms with Crippen LogP contribution in [0.2, 0.25) is 0 Å². The van der Waals surface area contributed by atoms with Gasteiger partial charge in [-0.25, -0.2) is 0 Å². The van der Waals surface area contributed by atoms with Crippen LogP contribution in [-0.2, 0) is 0 Å². The number of aliphatic hydroxyl groups is 2. The van der Waals surface area contributed by atoms with E-state index in [1.54, 1.807) is 24.3 Å². The molecule has 0 fully saturated rings. The minimum absolute atomic E-state index is 0. The second-order valence-corrected chi connectivity index (χ2v) is 3.64. The third-order valence-electron chi connectivity index (χ3n) is 2.40. The second kappa shape index (κ2) is 7.46. The normalized spacial score (nSPS) is 13.9. The Morgan fingerprint density at radius 1 is 1.25 bits per heavy atom. The van der Waals surface area contributed by atoms with Crippen molar-refractivity contribution < 1.29 is 33.0 Å². The number of phenolic OH excluding ortho intramolecular Hbond substituents is 1. The molecular formula is C11H18ClNO3. The maximum atomic E-state index is 9.91. The van der Waals surface area contributed by atoms with E-state index in [1.807, 2.05) is 12.2 Å². The van der Waals surface area contributed by atoms with Crippen molar-refractivity contribution in [3.05, 3.63) is 29.8 Å². The van der Waals surface area contributed by atoms with Crippen molar-refractivity contribution in [3.8, 4) is 5.75 Å². The fraction of sp³-hybridized carbons (Fsp3) is 0.455. The Balaban J connectivity index is 0.00000225. The molecule has 16 heavy (non-hydrogen) atoms. The average Bonchev–Trinajstić information content (AvgIpc) is 2.26. The van der Waals surface area contributed by atoms with E-state index in [4.69, 9.17) is 10.2 Å². The Kier molecular flexibility index (Phi) is 7.08. The summed E-state index contributed by atoms with van der Waals surface area (Å²) < 4.78 is 0. The molecule has 0 bridgehead atoms. The van der Waals surface area contributed by atoms with Crippen LogP contribution in [0.5, 0.6) is 5.75 Å². The van der Waals surface area contributed by atoms with Gasteiger partial charge in [0.05, 0.1) is 13.2 Å². The lowest BCUT2D eigenvalue weighted by molar-refractivity contribution is -0.695. The van der Waals surface area contributed by atoms with Gasteiger partial charge < -0.3 is 33.0 Å². The monoisotopic (exact) mass is 247 g/mol. The van der Waals surface area contributed by atoms with Gasteiger partial charge in [-0.05, 0) is 24.6 Å². The predicted octanol–water partition coefficient (Wildman–Crippen LogP) is -3.63. The minimum atomic E-state index is -0.586. The number of benzene rings is 1. The molecule has 2 unspecified atom stereocenters. The summed E-state index contributed by atoms with van der Waals surface area (Å²) in [6.45, 7) is 2.58. The molecule has 0 saturated carbocycles. The van der Waals surface area contributed by atoms with Crippen molar-refractivity contribution in [1.82, 2.24) is 0 Å². The van der Waals surface area contributed by atoms with Gasteiger partial charge >= 0.3 is 0 Å². The van der Waals surface area contributed by atoms with Gasteiger partial charge in [-0.2, -0.15) is 0 Å². The maximum absolute atomic E-state index is 9.91. The van der Waals surface area contributed by atoms with E-state index in [2.05, 4.69) is 0 Å². The summed E-state index contributed by atoms with van der Waals surface area (Å²) in [7, 11) is 0. The molecule has 1 aromatic carbocycles. The van der Waals surface area contributed by atoms with Gasteiger partial charge in [-0.3, -0.25) is 0 Å². The average molecular weight is 248 g/mol. The van der Waals surface area contributed by atoms with E-state index >= 15 is 0 Å². The SMILES string of the molecule is CC([NH2+]CCO)C(O)c1ccc(O)cc1.[Cl-]. The molecule has 0 heterocycles. The van der Waals surface area contributed by atoms with Gasteiger partial charge in [-0.1, -0.05) is 12.1 Å². The number of aromatic hydroxyl groups is 1. The molecular weight excluding hydrogens is 230 g/mol. The summed E-state index contributed by atoms with van der Waals surface area (Å²) in [6.07, 6.45) is -0.586. The third kappa shape index (κ3) is 4.37. The van der Waals surface area contributed by atoms with E-state index in [0.29, 0.717) is 6.54 Å². The van der Waals surface area contributed by atoms with Gasteiger partial charge in [0.15, 0.2) is 0 Å². The van der Waals surface area contributed by atoms with E-state index < -0.39 is 6.10 Å². The fourth-order valence-electron chi connectivity index (χ4n) is 1.44. The van der Waals surface area contributed by atoms with Crippen LogP contribution in [0.25, 0.3) is 0 Å². The lowest BCUT2D eigenvalue weighted by Crippen LogP contribution is -3.00. The highest BCUT2D eigenvalue weighted by Crippen LogP contribution is 2.17. The van der Waals surface area contributed by atoms with Crippen LogP contribution in [-0.4, -0.2) is 34.5 Å². The molecule has 0 aromatic heterocycles. The van der Waals surface area contributed by atoms with Gasteiger partial charge in [0, 0.05) is 0 Å². The first-order chi connectivity index (χ1) is 7.15. The summed E-state index contributed by atoms with van der Waals surface area (Å²) in [6, 6.07) is 6.49. The third-order valence-corrected chi connectivity index (χ3v) is 2.40. The quantitative estimate of drug-likeness (QED) is 0.434. The molecule has 5 N–H and O–H groups in total.